The van der Waals surface area contributed by atoms with Gasteiger partial charge in [-0.3, -0.25) is 0 Å². The summed E-state index contributed by atoms with van der Waals surface area (Å²) in [4.78, 5) is 7.74. The lowest BCUT2D eigenvalue weighted by atomic mass is 9.36. The number of hydrogen-bond acceptors (Lipinski definition) is 5. The summed E-state index contributed by atoms with van der Waals surface area (Å²) in [5.74, 6) is 0. The van der Waals surface area contributed by atoms with E-state index in [2.05, 4.69) is 315 Å². The third kappa shape index (κ3) is 8.50. The first kappa shape index (κ1) is 53.4. The second-order valence-corrected chi connectivity index (χ2v) is 30.0. The molecule has 2 aliphatic heterocycles. The third-order valence-corrected chi connectivity index (χ3v) is 20.6. The molecule has 0 atom stereocenters. The maximum absolute atomic E-state index is 2.65. The van der Waals surface area contributed by atoms with E-state index in [4.69, 9.17) is 0 Å². The van der Waals surface area contributed by atoms with Crippen molar-refractivity contribution in [2.24, 2.45) is 0 Å². The van der Waals surface area contributed by atoms with Crippen LogP contribution in [0.3, 0.4) is 0 Å². The van der Waals surface area contributed by atoms with E-state index in [1.807, 2.05) is 22.7 Å². The number of anilines is 9. The van der Waals surface area contributed by atoms with E-state index in [0.717, 1.165) is 22.7 Å². The quantitative estimate of drug-likeness (QED) is 0.154. The number of benzene rings is 10. The molecule has 0 radical (unpaired) electrons. The van der Waals surface area contributed by atoms with E-state index in [1.165, 1.54) is 124 Å². The topological polar surface area (TPSA) is 14.7 Å². The lowest BCUT2D eigenvalue weighted by Gasteiger charge is -2.43. The normalized spacial score (nSPS) is 13.6. The summed E-state index contributed by atoms with van der Waals surface area (Å²) in [6.07, 6.45) is 0. The molecule has 0 amide bonds. The van der Waals surface area contributed by atoms with Crippen LogP contribution < -0.4 is 30.4 Å². The highest BCUT2D eigenvalue weighted by molar-refractivity contribution is 7.33. The molecule has 0 saturated heterocycles. The fraction of sp³-hybridized carbons (Fsp3) is 0.205. The average molecular weight is 1140 g/mol. The SMILES string of the molecule is CC(C)(C)c1ccc(N(c2ccc(C(C)(C)C)cc2)c2ccc3c(c2)N(c2cccc4c2sc2ccc5c(c6ccccc6n5-c5ccccc5)c24)c2cccc4c2B3c2sc3ccc(C(C)(C)C)cc3c2N4c2ccc(C(C)(C)C)cc2)cc1. The van der Waals surface area contributed by atoms with Crippen LogP contribution in [0.4, 0.5) is 51.2 Å². The summed E-state index contributed by atoms with van der Waals surface area (Å²) in [5, 5.41) is 6.44. The largest absolute Gasteiger partial charge is 0.310 e. The van der Waals surface area contributed by atoms with E-state index < -0.39 is 0 Å². The van der Waals surface area contributed by atoms with Crippen molar-refractivity contribution >= 4 is 148 Å². The molecule has 418 valence electrons. The second kappa shape index (κ2) is 19.1. The number of thiophene rings is 2. The van der Waals surface area contributed by atoms with E-state index in [-0.39, 0.29) is 28.4 Å². The van der Waals surface area contributed by atoms with Crippen LogP contribution in [0.5, 0.6) is 0 Å². The van der Waals surface area contributed by atoms with Crippen molar-refractivity contribution < 1.29 is 0 Å². The van der Waals surface area contributed by atoms with Gasteiger partial charge >= 0.3 is 0 Å². The van der Waals surface area contributed by atoms with Gasteiger partial charge in [-0.1, -0.05) is 186 Å². The Labute approximate surface area is 509 Å². The zero-order valence-corrected chi connectivity index (χ0v) is 52.5. The smallest absolute Gasteiger partial charge is 0.264 e. The highest BCUT2D eigenvalue weighted by Gasteiger charge is 2.46. The summed E-state index contributed by atoms with van der Waals surface area (Å²) >= 11 is 3.89. The van der Waals surface area contributed by atoms with Gasteiger partial charge < -0.3 is 19.3 Å². The van der Waals surface area contributed by atoms with Crippen molar-refractivity contribution in [3.63, 3.8) is 0 Å². The van der Waals surface area contributed by atoms with Gasteiger partial charge in [-0.25, -0.2) is 0 Å². The van der Waals surface area contributed by atoms with Gasteiger partial charge in [0, 0.05) is 86.6 Å². The molecule has 13 aromatic rings. The van der Waals surface area contributed by atoms with Gasteiger partial charge in [0.05, 0.1) is 27.1 Å². The number of hydrogen-bond donors (Lipinski definition) is 0. The Morgan fingerprint density at radius 3 is 1.55 bits per heavy atom. The van der Waals surface area contributed by atoms with Gasteiger partial charge in [0.2, 0.25) is 0 Å². The minimum atomic E-state index is -0.0435. The van der Waals surface area contributed by atoms with E-state index in [1.54, 1.807) is 0 Å². The summed E-state index contributed by atoms with van der Waals surface area (Å²) in [5.41, 5.74) is 22.1. The number of nitrogens with zero attached hydrogens (tertiary/aromatic N) is 4. The Morgan fingerprint density at radius 2 is 0.906 bits per heavy atom. The van der Waals surface area contributed by atoms with Crippen LogP contribution in [-0.2, 0) is 21.7 Å². The zero-order chi connectivity index (χ0) is 58.6. The van der Waals surface area contributed by atoms with Crippen LogP contribution >= 0.6 is 22.7 Å². The molecule has 15 rings (SSSR count). The Hall–Kier alpha value is -8.36. The van der Waals surface area contributed by atoms with Crippen molar-refractivity contribution in [1.82, 2.24) is 4.57 Å². The summed E-state index contributed by atoms with van der Waals surface area (Å²) in [6, 6.07) is 81.4. The predicted octanol–water partition coefficient (Wildman–Crippen LogP) is 21.1. The van der Waals surface area contributed by atoms with Crippen LogP contribution in [0.2, 0.25) is 0 Å². The van der Waals surface area contributed by atoms with E-state index in [0.29, 0.717) is 0 Å². The molecule has 0 unspecified atom stereocenters. The van der Waals surface area contributed by atoms with E-state index in [9.17, 15) is 0 Å². The summed E-state index contributed by atoms with van der Waals surface area (Å²) in [7, 11) is 0. The molecule has 7 heteroatoms. The van der Waals surface area contributed by atoms with Crippen LogP contribution in [-0.4, -0.2) is 11.3 Å². The van der Waals surface area contributed by atoms with Crippen LogP contribution in [0.25, 0.3) is 57.8 Å². The van der Waals surface area contributed by atoms with Gasteiger partial charge in [-0.15, -0.1) is 22.7 Å². The highest BCUT2D eigenvalue weighted by Crippen LogP contribution is 2.53. The summed E-state index contributed by atoms with van der Waals surface area (Å²) < 4.78 is 7.68. The molecule has 0 saturated carbocycles. The van der Waals surface area contributed by atoms with Crippen LogP contribution in [0.15, 0.2) is 212 Å². The van der Waals surface area contributed by atoms with Crippen LogP contribution in [0, 0.1) is 0 Å². The lowest BCUT2D eigenvalue weighted by Crippen LogP contribution is -2.60. The average Bonchev–Trinajstić information content (AvgIpc) is 1.81. The lowest BCUT2D eigenvalue weighted by molar-refractivity contribution is 0.590. The molecule has 0 spiro atoms. The van der Waals surface area contributed by atoms with Crippen molar-refractivity contribution in [3.8, 4) is 5.69 Å². The molecule has 0 bridgehead atoms. The number of aromatic nitrogens is 1. The Morgan fingerprint density at radius 1 is 0.365 bits per heavy atom. The standard InChI is InChI=1S/C78H71BN4S2/c1-75(2,3)48-28-35-53(36-29-48)80(54-37-30-49(31-38-54)76(4,5)6)56-41-42-60-66(47-56)83(65-27-18-23-58-70-68(84-73(58)65)45-43-62-69(70)57-22-16-17-24-61(57)81(62)52-20-14-13-15-21-52)64-26-19-25-63-71(64)79(60)74-72(59-46-51(78(10,11)12)34-44-67(59)85-74)82(63)55-39-32-50(33-40-55)77(7,8)9/h13-47H,1-12H3. The van der Waals surface area contributed by atoms with Crippen molar-refractivity contribution in [3.05, 3.63) is 235 Å². The molecule has 3 aromatic heterocycles. The second-order valence-electron chi connectivity index (χ2n) is 27.8. The van der Waals surface area contributed by atoms with Crippen molar-refractivity contribution in [1.29, 1.82) is 0 Å². The molecule has 2 aliphatic rings. The molecule has 10 aromatic carbocycles. The molecular formula is C78H71BN4S2. The first-order chi connectivity index (χ1) is 40.7. The zero-order valence-electron chi connectivity index (χ0n) is 50.9. The maximum atomic E-state index is 2.65. The Bertz CT molecular complexity index is 4750. The molecule has 0 fully saturated rings. The van der Waals surface area contributed by atoms with Crippen molar-refractivity contribution in [2.45, 2.75) is 105 Å². The number of fused-ring (bicyclic) bond motifs is 13. The van der Waals surface area contributed by atoms with Crippen LogP contribution in [0.1, 0.15) is 105 Å². The third-order valence-electron chi connectivity index (χ3n) is 18.2. The predicted molar refractivity (Wildman–Crippen MR) is 373 cm³/mol. The molecule has 85 heavy (non-hydrogen) atoms. The number of rotatable bonds is 6. The number of para-hydroxylation sites is 2. The minimum absolute atomic E-state index is 0.0137. The molecule has 5 heterocycles. The monoisotopic (exact) mass is 1140 g/mol. The maximum Gasteiger partial charge on any atom is 0.264 e. The highest BCUT2D eigenvalue weighted by atomic mass is 32.1. The van der Waals surface area contributed by atoms with Gasteiger partial charge in [0.1, 0.15) is 0 Å². The first-order valence-corrected chi connectivity index (χ1v) is 31.8. The molecule has 0 N–H and O–H groups in total. The van der Waals surface area contributed by atoms with Gasteiger partial charge in [-0.2, -0.15) is 0 Å². The fourth-order valence-electron chi connectivity index (χ4n) is 13.7. The fourth-order valence-corrected chi connectivity index (χ4v) is 16.2. The first-order valence-electron chi connectivity index (χ1n) is 30.2. The summed E-state index contributed by atoms with van der Waals surface area (Å²) in [6.45, 7) is 27.7. The Kier molecular flexibility index (Phi) is 12.0. The minimum Gasteiger partial charge on any atom is -0.310 e. The van der Waals surface area contributed by atoms with Crippen molar-refractivity contribution in [2.75, 3.05) is 14.7 Å². The molecule has 4 nitrogen and oxygen atoms in total. The van der Waals surface area contributed by atoms with Gasteiger partial charge in [0.25, 0.3) is 6.71 Å². The Balaban J connectivity index is 1.02. The van der Waals surface area contributed by atoms with Gasteiger partial charge in [-0.05, 0) is 164 Å². The molecular weight excluding hydrogens is 1070 g/mol. The molecule has 0 aliphatic carbocycles. The van der Waals surface area contributed by atoms with Gasteiger partial charge in [0.15, 0.2) is 0 Å². The van der Waals surface area contributed by atoms with E-state index >= 15 is 0 Å².